The van der Waals surface area contributed by atoms with Crippen LogP contribution in [0.5, 0.6) is 0 Å². The topological polar surface area (TPSA) is 63.6 Å². The van der Waals surface area contributed by atoms with Gasteiger partial charge >= 0.3 is 10.4 Å². The third-order valence-electron chi connectivity index (χ3n) is 1.94. The summed E-state index contributed by atoms with van der Waals surface area (Å²) in [6.45, 7) is 6.17. The van der Waals surface area contributed by atoms with E-state index in [1.54, 1.807) is 0 Å². The maximum atomic E-state index is 10.1. The zero-order valence-electron chi connectivity index (χ0n) is 7.65. The minimum absolute atomic E-state index is 0.0537. The van der Waals surface area contributed by atoms with Gasteiger partial charge in [0.2, 0.25) is 0 Å². The van der Waals surface area contributed by atoms with Crippen molar-refractivity contribution in [2.24, 2.45) is 11.8 Å². The van der Waals surface area contributed by atoms with Crippen LogP contribution in [0.3, 0.4) is 0 Å². The zero-order chi connectivity index (χ0) is 9.78. The summed E-state index contributed by atoms with van der Waals surface area (Å²) in [6, 6.07) is 0. The second-order valence-electron chi connectivity index (χ2n) is 3.26. The van der Waals surface area contributed by atoms with Crippen molar-refractivity contribution in [3.63, 3.8) is 0 Å². The molecule has 1 unspecified atom stereocenters. The third kappa shape index (κ3) is 6.57. The summed E-state index contributed by atoms with van der Waals surface area (Å²) < 4.78 is 32.6. The Hall–Kier alpha value is -0.130. The molecule has 4 nitrogen and oxygen atoms in total. The lowest BCUT2D eigenvalue weighted by molar-refractivity contribution is 0.234. The Labute approximate surface area is 73.9 Å². The van der Waals surface area contributed by atoms with Gasteiger partial charge < -0.3 is 0 Å². The summed E-state index contributed by atoms with van der Waals surface area (Å²) in [7, 11) is -4.25. The zero-order valence-corrected chi connectivity index (χ0v) is 8.47. The summed E-state index contributed by atoms with van der Waals surface area (Å²) >= 11 is 0. The smallest absolute Gasteiger partial charge is 0.264 e. The average molecular weight is 196 g/mol. The number of rotatable bonds is 5. The molecule has 74 valence electrons. The summed E-state index contributed by atoms with van der Waals surface area (Å²) in [5.74, 6) is 0.891. The van der Waals surface area contributed by atoms with Crippen molar-refractivity contribution in [1.29, 1.82) is 0 Å². The molecule has 0 spiro atoms. The molecule has 0 aromatic carbocycles. The third-order valence-corrected chi connectivity index (χ3v) is 2.41. The van der Waals surface area contributed by atoms with Crippen molar-refractivity contribution in [2.75, 3.05) is 6.61 Å². The Bertz CT molecular complexity index is 207. The van der Waals surface area contributed by atoms with E-state index in [1.807, 2.05) is 6.92 Å². The minimum atomic E-state index is -4.25. The maximum absolute atomic E-state index is 10.1. The molecule has 0 fully saturated rings. The molecular weight excluding hydrogens is 180 g/mol. The van der Waals surface area contributed by atoms with Gasteiger partial charge in [-0.15, -0.1) is 0 Å². The molecular formula is C7H16O4S. The highest BCUT2D eigenvalue weighted by Gasteiger charge is 2.09. The molecule has 1 N–H and O–H groups in total. The van der Waals surface area contributed by atoms with Gasteiger partial charge in [-0.25, -0.2) is 4.18 Å². The maximum Gasteiger partial charge on any atom is 0.397 e. The van der Waals surface area contributed by atoms with Crippen molar-refractivity contribution >= 4 is 10.4 Å². The normalized spacial score (nSPS) is 15.1. The minimum Gasteiger partial charge on any atom is -0.264 e. The van der Waals surface area contributed by atoms with Gasteiger partial charge in [-0.1, -0.05) is 20.8 Å². The van der Waals surface area contributed by atoms with Crippen LogP contribution in [0, 0.1) is 11.8 Å². The lowest BCUT2D eigenvalue weighted by atomic mass is 9.95. The molecule has 0 aromatic heterocycles. The fourth-order valence-corrected chi connectivity index (χ4v) is 0.979. The molecule has 0 aliphatic carbocycles. The van der Waals surface area contributed by atoms with Crippen molar-refractivity contribution in [2.45, 2.75) is 27.2 Å². The van der Waals surface area contributed by atoms with Crippen LogP contribution in [-0.4, -0.2) is 19.6 Å². The molecule has 0 amide bonds. The van der Waals surface area contributed by atoms with E-state index < -0.39 is 10.4 Å². The van der Waals surface area contributed by atoms with Gasteiger partial charge in [-0.2, -0.15) is 8.42 Å². The van der Waals surface area contributed by atoms with Gasteiger partial charge in [0.25, 0.3) is 0 Å². The molecule has 1 atom stereocenters. The van der Waals surface area contributed by atoms with Gasteiger partial charge in [-0.3, -0.25) is 4.55 Å². The van der Waals surface area contributed by atoms with Crippen LogP contribution < -0.4 is 0 Å². The molecule has 0 saturated carbocycles. The molecule has 0 aliphatic rings. The molecule has 12 heavy (non-hydrogen) atoms. The lowest BCUT2D eigenvalue weighted by Crippen LogP contribution is -2.11. The van der Waals surface area contributed by atoms with Crippen molar-refractivity contribution in [1.82, 2.24) is 0 Å². The molecule has 5 heteroatoms. The standard InChI is InChI=1S/C7H16O4S/c1-6(2)7(3)4-5-11-12(8,9)10/h6-7H,4-5H2,1-3H3,(H,8,9,10). The van der Waals surface area contributed by atoms with Gasteiger partial charge in [-0.05, 0) is 18.3 Å². The molecule has 0 aromatic rings. The number of hydrogen-bond donors (Lipinski definition) is 1. The summed E-state index contributed by atoms with van der Waals surface area (Å²) in [5.41, 5.74) is 0. The summed E-state index contributed by atoms with van der Waals surface area (Å²) in [4.78, 5) is 0. The predicted octanol–water partition coefficient (Wildman–Crippen LogP) is 1.49. The molecule has 0 heterocycles. The molecule has 0 radical (unpaired) electrons. The quantitative estimate of drug-likeness (QED) is 0.676. The predicted molar refractivity (Wildman–Crippen MR) is 46.1 cm³/mol. The van der Waals surface area contributed by atoms with Crippen molar-refractivity contribution in [3.05, 3.63) is 0 Å². The molecule has 0 bridgehead atoms. The molecule has 0 saturated heterocycles. The first kappa shape index (κ1) is 11.9. The van der Waals surface area contributed by atoms with Gasteiger partial charge in [0.05, 0.1) is 6.61 Å². The fourth-order valence-electron chi connectivity index (χ4n) is 0.673. The first-order chi connectivity index (χ1) is 5.33. The van der Waals surface area contributed by atoms with Crippen LogP contribution in [0.1, 0.15) is 27.2 Å². The van der Waals surface area contributed by atoms with Crippen molar-refractivity contribution < 1.29 is 17.2 Å². The first-order valence-corrected chi connectivity index (χ1v) is 5.31. The van der Waals surface area contributed by atoms with Crippen LogP contribution in [-0.2, 0) is 14.6 Å². The van der Waals surface area contributed by atoms with Gasteiger partial charge in [0.15, 0.2) is 0 Å². The average Bonchev–Trinajstić information content (AvgIpc) is 1.84. The van der Waals surface area contributed by atoms with Crippen molar-refractivity contribution in [3.8, 4) is 0 Å². The summed E-state index contributed by atoms with van der Waals surface area (Å²) in [5, 5.41) is 0. The lowest BCUT2D eigenvalue weighted by Gasteiger charge is -2.13. The van der Waals surface area contributed by atoms with E-state index >= 15 is 0 Å². The highest BCUT2D eigenvalue weighted by molar-refractivity contribution is 7.80. The highest BCUT2D eigenvalue weighted by atomic mass is 32.3. The Morgan fingerprint density at radius 1 is 1.33 bits per heavy atom. The van der Waals surface area contributed by atoms with E-state index in [4.69, 9.17) is 4.55 Å². The van der Waals surface area contributed by atoms with Crippen LogP contribution in [0.25, 0.3) is 0 Å². The summed E-state index contributed by atoms with van der Waals surface area (Å²) in [6.07, 6.45) is 0.636. The van der Waals surface area contributed by atoms with E-state index in [1.165, 1.54) is 0 Å². The Morgan fingerprint density at radius 2 is 1.83 bits per heavy atom. The van der Waals surface area contributed by atoms with Crippen LogP contribution in [0.4, 0.5) is 0 Å². The SMILES string of the molecule is CC(C)C(C)CCOS(=O)(=O)O. The van der Waals surface area contributed by atoms with E-state index in [0.717, 1.165) is 0 Å². The van der Waals surface area contributed by atoms with Gasteiger partial charge in [0, 0.05) is 0 Å². The fraction of sp³-hybridized carbons (Fsp3) is 1.00. The van der Waals surface area contributed by atoms with Gasteiger partial charge in [0.1, 0.15) is 0 Å². The largest absolute Gasteiger partial charge is 0.397 e. The number of hydrogen-bond acceptors (Lipinski definition) is 3. The first-order valence-electron chi connectivity index (χ1n) is 3.94. The molecule has 0 rings (SSSR count). The van der Waals surface area contributed by atoms with E-state index in [0.29, 0.717) is 18.3 Å². The Kier molecular flexibility index (Phi) is 4.74. The second kappa shape index (κ2) is 4.79. The Morgan fingerprint density at radius 3 is 2.17 bits per heavy atom. The van der Waals surface area contributed by atoms with Crippen LogP contribution >= 0.6 is 0 Å². The van der Waals surface area contributed by atoms with E-state index in [2.05, 4.69) is 18.0 Å². The molecule has 0 aliphatic heterocycles. The van der Waals surface area contributed by atoms with E-state index in [9.17, 15) is 8.42 Å². The second-order valence-corrected chi connectivity index (χ2v) is 4.35. The van der Waals surface area contributed by atoms with Crippen LogP contribution in [0.15, 0.2) is 0 Å². The highest BCUT2D eigenvalue weighted by Crippen LogP contribution is 2.13. The van der Waals surface area contributed by atoms with Crippen LogP contribution in [0.2, 0.25) is 0 Å². The monoisotopic (exact) mass is 196 g/mol. The van der Waals surface area contributed by atoms with E-state index in [-0.39, 0.29) is 6.61 Å². The Balaban J connectivity index is 3.58.